The number of carbonyl (C=O) groups is 1. The molecule has 0 saturated carbocycles. The number of anilines is 2. The van der Waals surface area contributed by atoms with E-state index in [1.165, 1.54) is 0 Å². The first-order valence-corrected chi connectivity index (χ1v) is 9.59. The molecule has 2 aromatic heterocycles. The molecule has 0 aliphatic heterocycles. The average Bonchev–Trinajstić information content (AvgIpc) is 2.99. The van der Waals surface area contributed by atoms with Crippen LogP contribution in [0.15, 0.2) is 6.07 Å². The molecule has 0 aliphatic carbocycles. The Morgan fingerprint density at radius 3 is 2.44 bits per heavy atom. The minimum absolute atomic E-state index is 0.203. The number of nitrogens with zero attached hydrogens (tertiary/aromatic N) is 4. The predicted octanol–water partition coefficient (Wildman–Crippen LogP) is 2.51. The summed E-state index contributed by atoms with van der Waals surface area (Å²) in [6.07, 6.45) is 2.65. The van der Waals surface area contributed by atoms with Crippen molar-refractivity contribution >= 4 is 29.6 Å². The first-order valence-electron chi connectivity index (χ1n) is 8.20. The Bertz CT molecular complexity index is 696. The lowest BCUT2D eigenvalue weighted by Crippen LogP contribution is -2.36. The van der Waals surface area contributed by atoms with Crippen LogP contribution in [0.5, 0.6) is 0 Å². The number of hydrogen-bond donors (Lipinski definition) is 3. The van der Waals surface area contributed by atoms with E-state index in [2.05, 4.69) is 35.8 Å². The molecule has 2 aromatic rings. The number of hydrogen-bond acceptors (Lipinski definition) is 7. The van der Waals surface area contributed by atoms with Gasteiger partial charge in [0.1, 0.15) is 11.9 Å². The third kappa shape index (κ3) is 5.70. The predicted molar refractivity (Wildman–Crippen MR) is 101 cm³/mol. The van der Waals surface area contributed by atoms with E-state index in [0.29, 0.717) is 12.4 Å². The largest absolute Gasteiger partial charge is 0.342 e. The highest BCUT2D eigenvalue weighted by atomic mass is 32.2. The molecule has 0 radical (unpaired) electrons. The highest BCUT2D eigenvalue weighted by Gasteiger charge is 2.21. The minimum Gasteiger partial charge on any atom is -0.342 e. The lowest BCUT2D eigenvalue weighted by atomic mass is 10.2. The Morgan fingerprint density at radius 2 is 1.88 bits per heavy atom. The maximum atomic E-state index is 12.6. The number of amides is 1. The van der Waals surface area contributed by atoms with Gasteiger partial charge in [-0.1, -0.05) is 13.8 Å². The monoisotopic (exact) mass is 363 g/mol. The maximum absolute atomic E-state index is 12.6. The zero-order valence-electron chi connectivity index (χ0n) is 15.3. The highest BCUT2D eigenvalue weighted by molar-refractivity contribution is 7.98. The molecule has 0 fully saturated rings. The van der Waals surface area contributed by atoms with Crippen LogP contribution in [0, 0.1) is 13.8 Å². The van der Waals surface area contributed by atoms with E-state index in [9.17, 15) is 4.79 Å². The van der Waals surface area contributed by atoms with Gasteiger partial charge in [-0.2, -0.15) is 16.7 Å². The molecule has 0 spiro atoms. The summed E-state index contributed by atoms with van der Waals surface area (Å²) >= 11 is 1.68. The Labute approximate surface area is 152 Å². The summed E-state index contributed by atoms with van der Waals surface area (Å²) in [5.74, 6) is 2.32. The lowest BCUT2D eigenvalue weighted by molar-refractivity contribution is -0.117. The molecular weight excluding hydrogens is 338 g/mol. The first-order chi connectivity index (χ1) is 11.9. The molecule has 0 unspecified atom stereocenters. The fourth-order valence-electron chi connectivity index (χ4n) is 2.24. The second kappa shape index (κ2) is 8.80. The number of aryl methyl sites for hydroxylation is 2. The molecule has 3 N–H and O–H groups in total. The molecule has 2 heterocycles. The van der Waals surface area contributed by atoms with Gasteiger partial charge in [-0.15, -0.1) is 5.10 Å². The zero-order valence-corrected chi connectivity index (χ0v) is 16.1. The summed E-state index contributed by atoms with van der Waals surface area (Å²) < 4.78 is 0. The van der Waals surface area contributed by atoms with Crippen LogP contribution in [0.1, 0.15) is 43.4 Å². The SMILES string of the molecule is CSCC[C@H](Nc1nc(C)cc(C)n1)C(=O)Nc1n[nH]c(C(C)C)n1. The number of rotatable bonds is 8. The van der Waals surface area contributed by atoms with Gasteiger partial charge in [0.15, 0.2) is 0 Å². The van der Waals surface area contributed by atoms with E-state index in [4.69, 9.17) is 0 Å². The maximum Gasteiger partial charge on any atom is 0.249 e. The van der Waals surface area contributed by atoms with Gasteiger partial charge in [0.25, 0.3) is 0 Å². The molecule has 8 nitrogen and oxygen atoms in total. The van der Waals surface area contributed by atoms with Crippen LogP contribution in [0.2, 0.25) is 0 Å². The van der Waals surface area contributed by atoms with Crippen LogP contribution in [0.25, 0.3) is 0 Å². The van der Waals surface area contributed by atoms with Crippen LogP contribution in [0.3, 0.4) is 0 Å². The van der Waals surface area contributed by atoms with Crippen molar-refractivity contribution in [2.75, 3.05) is 22.6 Å². The normalized spacial score (nSPS) is 12.2. The van der Waals surface area contributed by atoms with Gasteiger partial charge in [-0.05, 0) is 38.3 Å². The van der Waals surface area contributed by atoms with Gasteiger partial charge < -0.3 is 5.32 Å². The van der Waals surface area contributed by atoms with Gasteiger partial charge in [0, 0.05) is 17.3 Å². The van der Waals surface area contributed by atoms with Crippen molar-refractivity contribution in [3.05, 3.63) is 23.3 Å². The van der Waals surface area contributed by atoms with Crippen molar-refractivity contribution in [2.24, 2.45) is 0 Å². The summed E-state index contributed by atoms with van der Waals surface area (Å²) in [4.78, 5) is 25.6. The third-order valence-electron chi connectivity index (χ3n) is 3.50. The molecule has 0 bridgehead atoms. The van der Waals surface area contributed by atoms with Crippen LogP contribution in [-0.2, 0) is 4.79 Å². The van der Waals surface area contributed by atoms with Crippen LogP contribution in [0.4, 0.5) is 11.9 Å². The van der Waals surface area contributed by atoms with E-state index in [-0.39, 0.29) is 17.8 Å². The molecule has 136 valence electrons. The number of nitrogens with one attached hydrogen (secondary N) is 3. The smallest absolute Gasteiger partial charge is 0.249 e. The van der Waals surface area contributed by atoms with Gasteiger partial charge in [-0.3, -0.25) is 15.2 Å². The number of aromatic nitrogens is 5. The number of H-pyrrole nitrogens is 1. The molecule has 0 aromatic carbocycles. The number of thioether (sulfide) groups is 1. The van der Waals surface area contributed by atoms with Crippen molar-refractivity contribution in [3.63, 3.8) is 0 Å². The van der Waals surface area contributed by atoms with E-state index in [1.807, 2.05) is 40.0 Å². The van der Waals surface area contributed by atoms with Crippen LogP contribution in [-0.4, -0.2) is 49.1 Å². The fourth-order valence-corrected chi connectivity index (χ4v) is 2.71. The average molecular weight is 363 g/mol. The van der Waals surface area contributed by atoms with E-state index in [0.717, 1.165) is 23.0 Å². The van der Waals surface area contributed by atoms with Crippen LogP contribution < -0.4 is 10.6 Å². The highest BCUT2D eigenvalue weighted by Crippen LogP contribution is 2.13. The standard InChI is InChI=1S/C16H25N7OS/c1-9(2)13-20-16(23-22-13)21-14(24)12(6-7-25-5)19-15-17-10(3)8-11(4)18-15/h8-9,12H,6-7H2,1-5H3,(H,17,18,19)(H2,20,21,22,23,24)/t12-/m0/s1. The summed E-state index contributed by atoms with van der Waals surface area (Å²) in [5, 5.41) is 12.8. The van der Waals surface area contributed by atoms with E-state index >= 15 is 0 Å². The Kier molecular flexibility index (Phi) is 6.74. The van der Waals surface area contributed by atoms with Crippen molar-refractivity contribution in [1.82, 2.24) is 25.1 Å². The minimum atomic E-state index is -0.463. The quantitative estimate of drug-likeness (QED) is 0.661. The van der Waals surface area contributed by atoms with Gasteiger partial charge in [0.2, 0.25) is 17.8 Å². The van der Waals surface area contributed by atoms with Crippen molar-refractivity contribution in [3.8, 4) is 0 Å². The first kappa shape index (κ1) is 19.2. The summed E-state index contributed by atoms with van der Waals surface area (Å²) in [6.45, 7) is 7.81. The number of carbonyl (C=O) groups excluding carboxylic acids is 1. The Hall–Kier alpha value is -2.16. The third-order valence-corrected chi connectivity index (χ3v) is 4.14. The Balaban J connectivity index is 2.10. The summed E-state index contributed by atoms with van der Waals surface area (Å²) in [7, 11) is 0. The Morgan fingerprint density at radius 1 is 1.20 bits per heavy atom. The molecular formula is C16H25N7OS. The summed E-state index contributed by atoms with van der Waals surface area (Å²) in [6, 6.07) is 1.43. The van der Waals surface area contributed by atoms with E-state index < -0.39 is 6.04 Å². The zero-order chi connectivity index (χ0) is 18.4. The van der Waals surface area contributed by atoms with E-state index in [1.54, 1.807) is 11.8 Å². The molecule has 0 aliphatic rings. The molecule has 1 atom stereocenters. The summed E-state index contributed by atoms with van der Waals surface area (Å²) in [5.41, 5.74) is 1.71. The lowest BCUT2D eigenvalue weighted by Gasteiger charge is -2.17. The van der Waals surface area contributed by atoms with Crippen molar-refractivity contribution in [2.45, 2.75) is 46.1 Å². The molecule has 1 amide bonds. The van der Waals surface area contributed by atoms with Gasteiger partial charge in [-0.25, -0.2) is 9.97 Å². The second-order valence-electron chi connectivity index (χ2n) is 6.14. The molecule has 0 saturated heterocycles. The molecule has 25 heavy (non-hydrogen) atoms. The molecule has 9 heteroatoms. The number of aromatic amines is 1. The molecule has 2 rings (SSSR count). The van der Waals surface area contributed by atoms with Gasteiger partial charge >= 0.3 is 0 Å². The van der Waals surface area contributed by atoms with Crippen LogP contribution >= 0.6 is 11.8 Å². The topological polar surface area (TPSA) is 108 Å². The fraction of sp³-hybridized carbons (Fsp3) is 0.562. The van der Waals surface area contributed by atoms with Gasteiger partial charge in [0.05, 0.1) is 0 Å². The second-order valence-corrected chi connectivity index (χ2v) is 7.13. The van der Waals surface area contributed by atoms with Crippen molar-refractivity contribution < 1.29 is 4.79 Å². The van der Waals surface area contributed by atoms with Crippen molar-refractivity contribution in [1.29, 1.82) is 0 Å².